The van der Waals surface area contributed by atoms with Gasteiger partial charge in [0.1, 0.15) is 0 Å². The molecule has 3 N–H and O–H groups in total. The van der Waals surface area contributed by atoms with Crippen molar-refractivity contribution in [3.63, 3.8) is 0 Å². The third-order valence-corrected chi connectivity index (χ3v) is 5.16. The van der Waals surface area contributed by atoms with E-state index in [1.165, 1.54) is 25.7 Å². The highest BCUT2D eigenvalue weighted by molar-refractivity contribution is 5.05. The van der Waals surface area contributed by atoms with Crippen LogP contribution >= 0.6 is 0 Å². The maximum absolute atomic E-state index is 6.10. The molecule has 2 nitrogen and oxygen atoms in total. The smallest absolute Gasteiger partial charge is 0.0335 e. The lowest BCUT2D eigenvalue weighted by Gasteiger charge is -2.36. The topological polar surface area (TPSA) is 38.0 Å². The van der Waals surface area contributed by atoms with Gasteiger partial charge in [-0.2, -0.15) is 0 Å². The van der Waals surface area contributed by atoms with Crippen LogP contribution in [0.2, 0.25) is 0 Å². The van der Waals surface area contributed by atoms with Gasteiger partial charge in [0.05, 0.1) is 0 Å². The predicted octanol–water partition coefficient (Wildman–Crippen LogP) is 2.78. The van der Waals surface area contributed by atoms with Gasteiger partial charge in [0.2, 0.25) is 0 Å². The van der Waals surface area contributed by atoms with E-state index in [0.29, 0.717) is 11.3 Å². The minimum Gasteiger partial charge on any atom is -0.329 e. The van der Waals surface area contributed by atoms with E-state index in [2.05, 4.69) is 33.0 Å². The Kier molecular flexibility index (Phi) is 3.57. The second-order valence-electron chi connectivity index (χ2n) is 7.50. The first-order valence-electron chi connectivity index (χ1n) is 7.34. The van der Waals surface area contributed by atoms with Crippen molar-refractivity contribution in [2.45, 2.75) is 58.9 Å². The van der Waals surface area contributed by atoms with Gasteiger partial charge >= 0.3 is 0 Å². The monoisotopic (exact) mass is 238 g/mol. The molecule has 0 saturated heterocycles. The van der Waals surface area contributed by atoms with Crippen molar-refractivity contribution in [1.82, 2.24) is 5.32 Å². The summed E-state index contributed by atoms with van der Waals surface area (Å²) in [6.45, 7) is 11.5. The number of hydrogen-bond acceptors (Lipinski definition) is 2. The SMILES string of the molecule is CC(CNC1(CN)CC(C)(C)CC1C)C1CC1. The van der Waals surface area contributed by atoms with Crippen molar-refractivity contribution in [3.8, 4) is 0 Å². The van der Waals surface area contributed by atoms with Crippen molar-refractivity contribution in [2.75, 3.05) is 13.1 Å². The zero-order valence-electron chi connectivity index (χ0n) is 12.1. The Morgan fingerprint density at radius 2 is 2.00 bits per heavy atom. The molecule has 2 aliphatic rings. The Hall–Kier alpha value is -0.0800. The van der Waals surface area contributed by atoms with E-state index >= 15 is 0 Å². The second kappa shape index (κ2) is 4.55. The van der Waals surface area contributed by atoms with Crippen molar-refractivity contribution >= 4 is 0 Å². The first kappa shape index (κ1) is 13.4. The quantitative estimate of drug-likeness (QED) is 0.773. The molecule has 2 saturated carbocycles. The lowest BCUT2D eigenvalue weighted by Crippen LogP contribution is -2.54. The molecule has 3 unspecified atom stereocenters. The highest BCUT2D eigenvalue weighted by Crippen LogP contribution is 2.47. The molecule has 3 atom stereocenters. The molecule has 0 spiro atoms. The van der Waals surface area contributed by atoms with Gasteiger partial charge in [0.15, 0.2) is 0 Å². The zero-order valence-corrected chi connectivity index (χ0v) is 12.1. The van der Waals surface area contributed by atoms with E-state index in [1.54, 1.807) is 0 Å². The third-order valence-electron chi connectivity index (χ3n) is 5.16. The van der Waals surface area contributed by atoms with E-state index in [-0.39, 0.29) is 5.54 Å². The lowest BCUT2D eigenvalue weighted by molar-refractivity contribution is 0.238. The molecule has 0 bridgehead atoms. The van der Waals surface area contributed by atoms with Crippen LogP contribution in [-0.2, 0) is 0 Å². The molecule has 2 aliphatic carbocycles. The van der Waals surface area contributed by atoms with Gasteiger partial charge in [-0.1, -0.05) is 27.7 Å². The standard InChI is InChI=1S/C15H30N2/c1-11(13-5-6-13)8-17-15(10-16)9-14(3,4)7-12(15)2/h11-13,17H,5-10,16H2,1-4H3. The van der Waals surface area contributed by atoms with Crippen LogP contribution in [-0.4, -0.2) is 18.6 Å². The van der Waals surface area contributed by atoms with E-state index in [0.717, 1.165) is 24.9 Å². The van der Waals surface area contributed by atoms with Gasteiger partial charge in [0, 0.05) is 12.1 Å². The molecule has 2 rings (SSSR count). The van der Waals surface area contributed by atoms with Crippen molar-refractivity contribution in [1.29, 1.82) is 0 Å². The van der Waals surface area contributed by atoms with Crippen LogP contribution in [0.15, 0.2) is 0 Å². The maximum Gasteiger partial charge on any atom is 0.0335 e. The molecule has 0 amide bonds. The minimum atomic E-state index is 0.201. The van der Waals surface area contributed by atoms with Gasteiger partial charge in [0.25, 0.3) is 0 Å². The molecular weight excluding hydrogens is 208 g/mol. The van der Waals surface area contributed by atoms with Gasteiger partial charge in [-0.25, -0.2) is 0 Å². The number of nitrogens with one attached hydrogen (secondary N) is 1. The summed E-state index contributed by atoms with van der Waals surface area (Å²) < 4.78 is 0. The van der Waals surface area contributed by atoms with E-state index < -0.39 is 0 Å². The van der Waals surface area contributed by atoms with Crippen molar-refractivity contribution < 1.29 is 0 Å². The summed E-state index contributed by atoms with van der Waals surface area (Å²) in [4.78, 5) is 0. The molecule has 0 aromatic heterocycles. The van der Waals surface area contributed by atoms with Crippen LogP contribution in [0.1, 0.15) is 53.4 Å². The maximum atomic E-state index is 6.10. The molecule has 0 aromatic carbocycles. The van der Waals surface area contributed by atoms with Gasteiger partial charge in [-0.15, -0.1) is 0 Å². The number of hydrogen-bond donors (Lipinski definition) is 2. The molecule has 0 aromatic rings. The number of nitrogens with two attached hydrogens (primary N) is 1. The Labute approximate surface area is 107 Å². The second-order valence-corrected chi connectivity index (χ2v) is 7.50. The summed E-state index contributed by atoms with van der Waals surface area (Å²) in [6, 6.07) is 0. The fourth-order valence-corrected chi connectivity index (χ4v) is 3.90. The summed E-state index contributed by atoms with van der Waals surface area (Å²) in [5.74, 6) is 2.52. The van der Waals surface area contributed by atoms with Crippen LogP contribution < -0.4 is 11.1 Å². The van der Waals surface area contributed by atoms with E-state index in [9.17, 15) is 0 Å². The Balaban J connectivity index is 1.94. The normalized spacial score (nSPS) is 38.3. The summed E-state index contributed by atoms with van der Waals surface area (Å²) in [6.07, 6.45) is 5.42. The van der Waals surface area contributed by atoms with Crippen molar-refractivity contribution in [2.24, 2.45) is 28.9 Å². The molecule has 2 fully saturated rings. The minimum absolute atomic E-state index is 0.201. The van der Waals surface area contributed by atoms with Gasteiger partial charge in [-0.3, -0.25) is 0 Å². The molecular formula is C15H30N2. The summed E-state index contributed by atoms with van der Waals surface area (Å²) >= 11 is 0. The fourth-order valence-electron chi connectivity index (χ4n) is 3.90. The van der Waals surface area contributed by atoms with Crippen LogP contribution in [0.4, 0.5) is 0 Å². The van der Waals surface area contributed by atoms with Crippen LogP contribution in [0.25, 0.3) is 0 Å². The molecule has 0 radical (unpaired) electrons. The van der Waals surface area contributed by atoms with Gasteiger partial charge < -0.3 is 11.1 Å². The van der Waals surface area contributed by atoms with Crippen LogP contribution in [0.3, 0.4) is 0 Å². The average Bonchev–Trinajstić information content (AvgIpc) is 3.03. The van der Waals surface area contributed by atoms with Crippen LogP contribution in [0, 0.1) is 23.2 Å². The fraction of sp³-hybridized carbons (Fsp3) is 1.00. The highest BCUT2D eigenvalue weighted by atomic mass is 15.0. The van der Waals surface area contributed by atoms with Crippen LogP contribution in [0.5, 0.6) is 0 Å². The third kappa shape index (κ3) is 2.85. The Morgan fingerprint density at radius 1 is 1.35 bits per heavy atom. The van der Waals surface area contributed by atoms with Crippen molar-refractivity contribution in [3.05, 3.63) is 0 Å². The molecule has 2 heteroatoms. The number of rotatable bonds is 5. The van der Waals surface area contributed by atoms with E-state index in [4.69, 9.17) is 5.73 Å². The predicted molar refractivity (Wildman–Crippen MR) is 73.9 cm³/mol. The first-order chi connectivity index (χ1) is 7.88. The zero-order chi connectivity index (χ0) is 12.7. The molecule has 0 aliphatic heterocycles. The summed E-state index contributed by atoms with van der Waals surface area (Å²) in [5, 5.41) is 3.85. The summed E-state index contributed by atoms with van der Waals surface area (Å²) in [5.41, 5.74) is 6.75. The highest BCUT2D eigenvalue weighted by Gasteiger charge is 2.47. The Bertz CT molecular complexity index is 270. The van der Waals surface area contributed by atoms with Gasteiger partial charge in [-0.05, 0) is 55.4 Å². The lowest BCUT2D eigenvalue weighted by atomic mass is 9.85. The van der Waals surface area contributed by atoms with E-state index in [1.807, 2.05) is 0 Å². The molecule has 100 valence electrons. The average molecular weight is 238 g/mol. The Morgan fingerprint density at radius 3 is 2.41 bits per heavy atom. The first-order valence-corrected chi connectivity index (χ1v) is 7.34. The summed E-state index contributed by atoms with van der Waals surface area (Å²) in [7, 11) is 0. The molecule has 0 heterocycles. The largest absolute Gasteiger partial charge is 0.329 e. The molecule has 17 heavy (non-hydrogen) atoms.